The molecule has 0 saturated heterocycles. The molecule has 0 radical (unpaired) electrons. The Kier molecular flexibility index (Phi) is 12.5. The van der Waals surface area contributed by atoms with Gasteiger partial charge in [0.1, 0.15) is 22.6 Å². The van der Waals surface area contributed by atoms with Gasteiger partial charge in [-0.3, -0.25) is 0 Å². The summed E-state index contributed by atoms with van der Waals surface area (Å²) in [5.74, 6) is 2.08. The van der Waals surface area contributed by atoms with Gasteiger partial charge in [0, 0.05) is 44.5 Å². The van der Waals surface area contributed by atoms with Crippen LogP contribution in [0.5, 0.6) is 0 Å². The Balaban J connectivity index is 1.33. The number of nitrogens with one attached hydrogen (secondary N) is 2. The fourth-order valence-electron chi connectivity index (χ4n) is 11.8. The third kappa shape index (κ3) is 8.48. The minimum absolute atomic E-state index is 0.520. The summed E-state index contributed by atoms with van der Waals surface area (Å²) in [5, 5.41) is 0. The smallest absolute Gasteiger partial charge is 0.165 e. The Morgan fingerprint density at radius 3 is 0.537 bits per heavy atom. The van der Waals surface area contributed by atoms with Gasteiger partial charge in [-0.25, -0.2) is 29.9 Å². The van der Waals surface area contributed by atoms with Gasteiger partial charge in [-0.1, -0.05) is 194 Å². The molecule has 0 unspecified atom stereocenters. The van der Waals surface area contributed by atoms with E-state index >= 15 is 0 Å². The van der Waals surface area contributed by atoms with Crippen molar-refractivity contribution in [2.75, 3.05) is 0 Å². The highest BCUT2D eigenvalue weighted by Gasteiger charge is 2.32. The van der Waals surface area contributed by atoms with Gasteiger partial charge in [0.2, 0.25) is 0 Å². The number of aryl methyl sites for hydroxylation is 8. The molecule has 8 heteroatoms. The molecule has 8 nitrogen and oxygen atoms in total. The molecule has 2 N–H and O–H groups in total. The Morgan fingerprint density at radius 1 is 0.200 bits per heavy atom. The van der Waals surface area contributed by atoms with Crippen LogP contribution in [-0.2, 0) is 0 Å². The Labute approximate surface area is 466 Å². The fourth-order valence-corrected chi connectivity index (χ4v) is 11.8. The third-order valence-corrected chi connectivity index (χ3v) is 15.9. The second-order valence-corrected chi connectivity index (χ2v) is 21.1. The van der Waals surface area contributed by atoms with Crippen LogP contribution in [-0.4, -0.2) is 39.9 Å². The average Bonchev–Trinajstić information content (AvgIpc) is 4.35. The lowest BCUT2D eigenvalue weighted by atomic mass is 9.90. The van der Waals surface area contributed by atoms with Crippen molar-refractivity contribution in [2.45, 2.75) is 55.4 Å². The van der Waals surface area contributed by atoms with E-state index in [0.717, 1.165) is 134 Å². The highest BCUT2D eigenvalue weighted by atomic mass is 15.1. The molecule has 8 aromatic carbocycles. The van der Waals surface area contributed by atoms with E-state index in [1.165, 1.54) is 0 Å². The van der Waals surface area contributed by atoms with Gasteiger partial charge in [-0.2, -0.15) is 0 Å². The van der Waals surface area contributed by atoms with Crippen LogP contribution in [0, 0.1) is 55.4 Å². The molecule has 2 aliphatic heterocycles. The molecule has 0 aliphatic carbocycles. The number of aromatic nitrogens is 8. The van der Waals surface area contributed by atoms with Crippen molar-refractivity contribution in [1.29, 1.82) is 0 Å². The Morgan fingerprint density at radius 2 is 0.362 bits per heavy atom. The second kappa shape index (κ2) is 20.1. The lowest BCUT2D eigenvalue weighted by molar-refractivity contribution is 1.10. The normalized spacial score (nSPS) is 12.4. The first-order valence-electron chi connectivity index (χ1n) is 27.3. The van der Waals surface area contributed by atoms with Crippen LogP contribution in [0.2, 0.25) is 0 Å². The standard InChI is InChI=1S/C72H58N8/c1-41-25-9-17-33-49(41)57-58(50-34-18-10-26-42(50)2)66-73-65(57)77-67-59(51-35-19-11-27-43(51)3)60(52-36-20-12-28-44(52)4)69(74-67)79-71-63(55-39-23-15-31-47(55)7)64(56-40-24-16-32-48(56)8)72(76-71)80-70-62(54-38-22-14-30-46(54)6)61(68(75-70)78-66)53-37-21-13-29-45(53)5/h9-40H,1-8H3,(H2,73,74,75,76,77,78,79,80). The summed E-state index contributed by atoms with van der Waals surface area (Å²) in [5.41, 5.74) is 26.3. The van der Waals surface area contributed by atoms with E-state index < -0.39 is 0 Å². The maximum atomic E-state index is 5.84. The zero-order valence-electron chi connectivity index (χ0n) is 46.2. The monoisotopic (exact) mass is 1030 g/mol. The highest BCUT2D eigenvalue weighted by molar-refractivity contribution is 6.10. The van der Waals surface area contributed by atoms with Gasteiger partial charge in [0.25, 0.3) is 0 Å². The minimum Gasteiger partial charge on any atom is -0.324 e. The molecule has 386 valence electrons. The van der Waals surface area contributed by atoms with Gasteiger partial charge in [0.05, 0.1) is 0 Å². The molecule has 5 heterocycles. The Bertz CT molecular complexity index is 4010. The molecule has 0 saturated carbocycles. The first-order chi connectivity index (χ1) is 39.0. The quantitative estimate of drug-likeness (QED) is 0.157. The van der Waals surface area contributed by atoms with Gasteiger partial charge in [-0.05, 0) is 144 Å². The lowest BCUT2D eigenvalue weighted by Gasteiger charge is -2.13. The number of rotatable bonds is 8. The van der Waals surface area contributed by atoms with Crippen molar-refractivity contribution in [3.05, 3.63) is 284 Å². The van der Waals surface area contributed by atoms with Crippen LogP contribution in [0.25, 0.3) is 89.4 Å². The molecule has 2 aliphatic rings. The molecular weight excluding hydrogens is 977 g/mol. The van der Waals surface area contributed by atoms with E-state index in [0.29, 0.717) is 45.9 Å². The van der Waals surface area contributed by atoms with E-state index in [-0.39, 0.29) is 0 Å². The van der Waals surface area contributed by atoms with Crippen molar-refractivity contribution >= 4 is 44.9 Å². The number of hydrogen-bond acceptors (Lipinski definition) is 6. The van der Waals surface area contributed by atoms with E-state index in [4.69, 9.17) is 29.9 Å². The number of benzene rings is 8. The molecule has 8 bridgehead atoms. The predicted molar refractivity (Wildman–Crippen MR) is 328 cm³/mol. The molecule has 3 aromatic heterocycles. The molecule has 0 amide bonds. The Hall–Kier alpha value is -9.92. The van der Waals surface area contributed by atoms with Crippen LogP contribution in [0.15, 0.2) is 194 Å². The summed E-state index contributed by atoms with van der Waals surface area (Å²) in [6, 6.07) is 68.1. The largest absolute Gasteiger partial charge is 0.324 e. The van der Waals surface area contributed by atoms with E-state index in [9.17, 15) is 0 Å². The highest BCUT2D eigenvalue weighted by Crippen LogP contribution is 2.47. The molecule has 0 spiro atoms. The first-order valence-corrected chi connectivity index (χ1v) is 27.3. The molecule has 0 atom stereocenters. The number of fused-ring (bicyclic) bond motifs is 8. The zero-order chi connectivity index (χ0) is 54.8. The van der Waals surface area contributed by atoms with E-state index in [1.54, 1.807) is 0 Å². The maximum absolute atomic E-state index is 5.84. The van der Waals surface area contributed by atoms with E-state index in [2.05, 4.69) is 259 Å². The number of hydrogen-bond donors (Lipinski definition) is 2. The van der Waals surface area contributed by atoms with Crippen LogP contribution < -0.4 is 0 Å². The molecule has 0 fully saturated rings. The van der Waals surface area contributed by atoms with Gasteiger partial charge in [-0.15, -0.1) is 0 Å². The SMILES string of the molecule is Cc1ccccc1C1=C(c2ccccc2C)c2nc1nc1[nH]c(nc3nc(nc4[nH]c(n2)c(-c2ccccc2C)c4-c2ccccc2C)C(c2ccccc2C)=C3c2ccccc2C)c(-c2ccccc2C)c1-c1ccccc1C. The van der Waals surface area contributed by atoms with Gasteiger partial charge >= 0.3 is 0 Å². The fraction of sp³-hybridized carbons (Fsp3) is 0.111. The molecule has 80 heavy (non-hydrogen) atoms. The topological polar surface area (TPSA) is 109 Å². The summed E-state index contributed by atoms with van der Waals surface area (Å²) in [6.45, 7) is 17.3. The minimum atomic E-state index is 0.520. The summed E-state index contributed by atoms with van der Waals surface area (Å²) >= 11 is 0. The van der Waals surface area contributed by atoms with Crippen LogP contribution in [0.4, 0.5) is 0 Å². The molecule has 13 rings (SSSR count). The summed E-state index contributed by atoms with van der Waals surface area (Å²) in [6.07, 6.45) is 0. The van der Waals surface area contributed by atoms with Crippen molar-refractivity contribution < 1.29 is 0 Å². The van der Waals surface area contributed by atoms with Crippen LogP contribution in [0.3, 0.4) is 0 Å². The number of nitrogens with zero attached hydrogens (tertiary/aromatic N) is 6. The molecular formula is C72H58N8. The van der Waals surface area contributed by atoms with Crippen LogP contribution in [0.1, 0.15) is 90.1 Å². The van der Waals surface area contributed by atoms with Crippen molar-refractivity contribution in [2.24, 2.45) is 0 Å². The van der Waals surface area contributed by atoms with Crippen molar-refractivity contribution in [3.8, 4) is 44.5 Å². The van der Waals surface area contributed by atoms with Crippen molar-refractivity contribution in [3.63, 3.8) is 0 Å². The summed E-state index contributed by atoms with van der Waals surface area (Å²) in [4.78, 5) is 42.6. The number of H-pyrrole nitrogens is 2. The zero-order valence-corrected chi connectivity index (χ0v) is 46.2. The summed E-state index contributed by atoms with van der Waals surface area (Å²) in [7, 11) is 0. The second-order valence-electron chi connectivity index (χ2n) is 21.1. The van der Waals surface area contributed by atoms with Crippen molar-refractivity contribution in [1.82, 2.24) is 39.9 Å². The van der Waals surface area contributed by atoms with Gasteiger partial charge in [0.15, 0.2) is 23.3 Å². The average molecular weight is 1040 g/mol. The maximum Gasteiger partial charge on any atom is 0.165 e. The number of aromatic amines is 2. The van der Waals surface area contributed by atoms with Crippen LogP contribution >= 0.6 is 0 Å². The first kappa shape index (κ1) is 49.6. The lowest BCUT2D eigenvalue weighted by Crippen LogP contribution is -1.97. The molecule has 11 aromatic rings. The van der Waals surface area contributed by atoms with E-state index in [1.807, 2.05) is 0 Å². The predicted octanol–water partition coefficient (Wildman–Crippen LogP) is 17.0. The summed E-state index contributed by atoms with van der Waals surface area (Å²) < 4.78 is 0. The third-order valence-electron chi connectivity index (χ3n) is 15.9. The van der Waals surface area contributed by atoms with Gasteiger partial charge < -0.3 is 9.97 Å².